The van der Waals surface area contributed by atoms with Gasteiger partial charge in [-0.3, -0.25) is 0 Å². The van der Waals surface area contributed by atoms with Crippen LogP contribution in [0.4, 0.5) is 0 Å². The molecule has 18 heavy (non-hydrogen) atoms. The van der Waals surface area contributed by atoms with Crippen LogP contribution in [0.3, 0.4) is 0 Å². The second-order valence-corrected chi connectivity index (χ2v) is 3.95. The molecule has 2 aromatic rings. The van der Waals surface area contributed by atoms with Crippen LogP contribution in [-0.2, 0) is 6.42 Å². The van der Waals surface area contributed by atoms with Crippen LogP contribution in [0.25, 0.3) is 0 Å². The zero-order valence-corrected chi connectivity index (χ0v) is 9.70. The second kappa shape index (κ2) is 4.66. The monoisotopic (exact) mass is 247 g/mol. The molecule has 6 nitrogen and oxygen atoms in total. The average Bonchev–Trinajstić information content (AvgIpc) is 2.87. The van der Waals surface area contributed by atoms with Gasteiger partial charge in [-0.15, -0.1) is 0 Å². The Kier molecular flexibility index (Phi) is 2.85. The Labute approximate surface area is 104 Å². The van der Waals surface area contributed by atoms with Crippen molar-refractivity contribution in [2.75, 3.05) is 13.2 Å². The largest absolute Gasteiger partial charge is 0.485 e. The number of fused-ring (bicyclic) bond motifs is 1. The summed E-state index contributed by atoms with van der Waals surface area (Å²) >= 11 is 0. The summed E-state index contributed by atoms with van der Waals surface area (Å²) in [6.07, 6.45) is 0.229. The van der Waals surface area contributed by atoms with Crippen LogP contribution in [0.1, 0.15) is 17.8 Å². The number of rotatable bonds is 3. The molecule has 0 aliphatic carbocycles. The smallest absolute Gasteiger partial charge is 0.271 e. The third kappa shape index (κ3) is 2.02. The molecule has 1 aromatic heterocycles. The summed E-state index contributed by atoms with van der Waals surface area (Å²) in [7, 11) is 0. The Balaban J connectivity index is 1.78. The highest BCUT2D eigenvalue weighted by atomic mass is 16.6. The summed E-state index contributed by atoms with van der Waals surface area (Å²) in [6.45, 7) is 0.852. The first kappa shape index (κ1) is 11.0. The van der Waals surface area contributed by atoms with Crippen molar-refractivity contribution in [3.05, 3.63) is 36.0 Å². The summed E-state index contributed by atoms with van der Waals surface area (Å²) in [4.78, 5) is 4.23. The van der Waals surface area contributed by atoms with Gasteiger partial charge in [0.05, 0.1) is 0 Å². The SMILES string of the molecule is NCCc1noc(C2COc3ccccc3O2)n1. The van der Waals surface area contributed by atoms with E-state index in [1.165, 1.54) is 0 Å². The highest BCUT2D eigenvalue weighted by molar-refractivity contribution is 5.40. The van der Waals surface area contributed by atoms with Gasteiger partial charge in [0.2, 0.25) is 6.10 Å². The Morgan fingerprint density at radius 1 is 1.28 bits per heavy atom. The van der Waals surface area contributed by atoms with Gasteiger partial charge in [0.1, 0.15) is 6.61 Å². The molecule has 0 spiro atoms. The summed E-state index contributed by atoms with van der Waals surface area (Å²) < 4.78 is 16.5. The molecule has 0 saturated carbocycles. The first-order chi connectivity index (χ1) is 8.86. The van der Waals surface area contributed by atoms with Crippen molar-refractivity contribution >= 4 is 0 Å². The van der Waals surface area contributed by atoms with E-state index >= 15 is 0 Å². The van der Waals surface area contributed by atoms with E-state index < -0.39 is 0 Å². The van der Waals surface area contributed by atoms with E-state index in [4.69, 9.17) is 19.7 Å². The fourth-order valence-electron chi connectivity index (χ4n) is 1.77. The normalized spacial score (nSPS) is 17.7. The molecule has 2 heterocycles. The summed E-state index contributed by atoms with van der Waals surface area (Å²) in [5.41, 5.74) is 5.43. The number of aromatic nitrogens is 2. The summed E-state index contributed by atoms with van der Waals surface area (Å²) in [6, 6.07) is 7.49. The molecule has 1 aliphatic heterocycles. The molecular weight excluding hydrogens is 234 g/mol. The molecular formula is C12H13N3O3. The van der Waals surface area contributed by atoms with E-state index in [-0.39, 0.29) is 6.10 Å². The zero-order chi connectivity index (χ0) is 12.4. The van der Waals surface area contributed by atoms with Gasteiger partial charge in [0, 0.05) is 6.42 Å². The van der Waals surface area contributed by atoms with Crippen LogP contribution >= 0.6 is 0 Å². The van der Waals surface area contributed by atoms with Gasteiger partial charge in [-0.05, 0) is 18.7 Å². The van der Waals surface area contributed by atoms with Gasteiger partial charge in [0.15, 0.2) is 17.3 Å². The van der Waals surface area contributed by atoms with E-state index in [0.29, 0.717) is 37.0 Å². The molecule has 0 fully saturated rings. The van der Waals surface area contributed by atoms with Gasteiger partial charge in [0.25, 0.3) is 5.89 Å². The van der Waals surface area contributed by atoms with Crippen LogP contribution in [0.15, 0.2) is 28.8 Å². The van der Waals surface area contributed by atoms with E-state index in [9.17, 15) is 0 Å². The molecule has 1 aromatic carbocycles. The molecule has 1 aliphatic rings. The van der Waals surface area contributed by atoms with E-state index in [2.05, 4.69) is 10.1 Å². The minimum atomic E-state index is -0.362. The lowest BCUT2D eigenvalue weighted by Gasteiger charge is -2.23. The predicted molar refractivity (Wildman–Crippen MR) is 62.4 cm³/mol. The molecule has 3 rings (SSSR count). The van der Waals surface area contributed by atoms with Crippen LogP contribution in [0.5, 0.6) is 11.5 Å². The van der Waals surface area contributed by atoms with E-state index in [0.717, 1.165) is 5.75 Å². The molecule has 1 atom stereocenters. The Morgan fingerprint density at radius 3 is 2.94 bits per heavy atom. The molecule has 94 valence electrons. The Morgan fingerprint density at radius 2 is 2.11 bits per heavy atom. The van der Waals surface area contributed by atoms with Gasteiger partial charge in [-0.1, -0.05) is 17.3 Å². The molecule has 0 amide bonds. The average molecular weight is 247 g/mol. The third-order valence-corrected chi connectivity index (χ3v) is 2.64. The highest BCUT2D eigenvalue weighted by Gasteiger charge is 2.27. The Hall–Kier alpha value is -2.08. The van der Waals surface area contributed by atoms with Crippen molar-refractivity contribution in [3.63, 3.8) is 0 Å². The van der Waals surface area contributed by atoms with Crippen molar-refractivity contribution < 1.29 is 14.0 Å². The van der Waals surface area contributed by atoms with Crippen molar-refractivity contribution in [1.29, 1.82) is 0 Å². The van der Waals surface area contributed by atoms with Crippen LogP contribution < -0.4 is 15.2 Å². The minimum absolute atomic E-state index is 0.362. The molecule has 6 heteroatoms. The number of nitrogens with zero attached hydrogens (tertiary/aromatic N) is 2. The fraction of sp³-hybridized carbons (Fsp3) is 0.333. The molecule has 2 N–H and O–H groups in total. The lowest BCUT2D eigenvalue weighted by atomic mass is 10.2. The lowest BCUT2D eigenvalue weighted by Crippen LogP contribution is -2.21. The standard InChI is InChI=1S/C12H13N3O3/c13-6-5-11-14-12(18-15-11)10-7-16-8-3-1-2-4-9(8)17-10/h1-4,10H,5-7,13H2. The molecule has 0 bridgehead atoms. The first-order valence-corrected chi connectivity index (χ1v) is 5.78. The van der Waals surface area contributed by atoms with Gasteiger partial charge in [-0.25, -0.2) is 0 Å². The first-order valence-electron chi connectivity index (χ1n) is 5.78. The number of ether oxygens (including phenoxy) is 2. The van der Waals surface area contributed by atoms with E-state index in [1.54, 1.807) is 0 Å². The van der Waals surface area contributed by atoms with Crippen molar-refractivity contribution in [2.45, 2.75) is 12.5 Å². The van der Waals surface area contributed by atoms with E-state index in [1.807, 2.05) is 24.3 Å². The lowest BCUT2D eigenvalue weighted by molar-refractivity contribution is 0.0665. The van der Waals surface area contributed by atoms with Gasteiger partial charge >= 0.3 is 0 Å². The van der Waals surface area contributed by atoms with Crippen molar-refractivity contribution in [3.8, 4) is 11.5 Å². The Bertz CT molecular complexity index is 541. The number of nitrogens with two attached hydrogens (primary N) is 1. The minimum Gasteiger partial charge on any atom is -0.485 e. The number of benzene rings is 1. The highest BCUT2D eigenvalue weighted by Crippen LogP contribution is 2.35. The number of hydrogen-bond acceptors (Lipinski definition) is 6. The maximum atomic E-state index is 5.76. The van der Waals surface area contributed by atoms with Gasteiger partial charge in [-0.2, -0.15) is 4.98 Å². The number of para-hydroxylation sites is 2. The quantitative estimate of drug-likeness (QED) is 0.873. The summed E-state index contributed by atoms with van der Waals surface area (Å²) in [5.74, 6) is 2.44. The second-order valence-electron chi connectivity index (χ2n) is 3.95. The fourth-order valence-corrected chi connectivity index (χ4v) is 1.77. The topological polar surface area (TPSA) is 83.4 Å². The molecule has 1 unspecified atom stereocenters. The van der Waals surface area contributed by atoms with Gasteiger partial charge < -0.3 is 19.7 Å². The molecule has 0 saturated heterocycles. The van der Waals surface area contributed by atoms with Crippen LogP contribution in [0, 0.1) is 0 Å². The molecule has 0 radical (unpaired) electrons. The number of hydrogen-bond donors (Lipinski definition) is 1. The zero-order valence-electron chi connectivity index (χ0n) is 9.70. The maximum Gasteiger partial charge on any atom is 0.271 e. The summed E-state index contributed by atoms with van der Waals surface area (Å²) in [5, 5.41) is 3.84. The van der Waals surface area contributed by atoms with Crippen molar-refractivity contribution in [2.24, 2.45) is 5.73 Å². The maximum absolute atomic E-state index is 5.76. The van der Waals surface area contributed by atoms with Crippen LogP contribution in [-0.4, -0.2) is 23.3 Å². The predicted octanol–water partition coefficient (Wildman–Crippen LogP) is 1.08. The van der Waals surface area contributed by atoms with Crippen LogP contribution in [0.2, 0.25) is 0 Å². The third-order valence-electron chi connectivity index (χ3n) is 2.64. The van der Waals surface area contributed by atoms with Crippen molar-refractivity contribution in [1.82, 2.24) is 10.1 Å².